The van der Waals surface area contributed by atoms with Crippen molar-refractivity contribution >= 4 is 69.4 Å². The van der Waals surface area contributed by atoms with E-state index in [1.54, 1.807) is 30.5 Å². The first kappa shape index (κ1) is 26.9. The van der Waals surface area contributed by atoms with Gasteiger partial charge in [-0.25, -0.2) is 5.43 Å². The van der Waals surface area contributed by atoms with Crippen LogP contribution in [0.5, 0.6) is 5.75 Å². The smallest absolute Gasteiger partial charge is 0.311 e. The van der Waals surface area contributed by atoms with Crippen LogP contribution in [0.15, 0.2) is 40.8 Å². The molecule has 0 fully saturated rings. The number of halogens is 2. The van der Waals surface area contributed by atoms with Crippen molar-refractivity contribution in [3.63, 3.8) is 0 Å². The predicted octanol–water partition coefficient (Wildman–Crippen LogP) is 6.38. The lowest BCUT2D eigenvalue weighted by Crippen LogP contribution is -2.20. The molecule has 2 heterocycles. The molecule has 0 unspecified atom stereocenters. The zero-order chi connectivity index (χ0) is 25.9. The van der Waals surface area contributed by atoms with Crippen molar-refractivity contribution in [3.8, 4) is 16.2 Å². The highest BCUT2D eigenvalue weighted by molar-refractivity contribution is 7.16. The fourth-order valence-electron chi connectivity index (χ4n) is 2.96. The second-order valence-corrected chi connectivity index (χ2v) is 11.6. The summed E-state index contributed by atoms with van der Waals surface area (Å²) in [6, 6.07) is 8.13. The first-order valence-electron chi connectivity index (χ1n) is 10.4. The average Bonchev–Trinajstić information content (AvgIpc) is 3.40. The van der Waals surface area contributed by atoms with Gasteiger partial charge in [0, 0.05) is 5.38 Å². The molecule has 0 saturated carbocycles. The van der Waals surface area contributed by atoms with Gasteiger partial charge in [-0.1, -0.05) is 50.0 Å². The van der Waals surface area contributed by atoms with Gasteiger partial charge in [-0.15, -0.1) is 22.7 Å². The molecule has 3 rings (SSSR count). The van der Waals surface area contributed by atoms with Crippen molar-refractivity contribution in [2.45, 2.75) is 34.1 Å². The highest BCUT2D eigenvalue weighted by Gasteiger charge is 2.24. The van der Waals surface area contributed by atoms with E-state index in [9.17, 15) is 14.4 Å². The van der Waals surface area contributed by atoms with E-state index in [2.05, 4.69) is 10.5 Å². The van der Waals surface area contributed by atoms with Crippen molar-refractivity contribution in [2.75, 3.05) is 0 Å². The third kappa shape index (κ3) is 6.91. The van der Waals surface area contributed by atoms with Gasteiger partial charge in [0.05, 0.1) is 42.4 Å². The first-order chi connectivity index (χ1) is 16.4. The van der Waals surface area contributed by atoms with Crippen LogP contribution in [0.2, 0.25) is 10.0 Å². The number of carbonyl (C=O) groups excluding carboxylic acids is 3. The second-order valence-electron chi connectivity index (χ2n) is 8.81. The summed E-state index contributed by atoms with van der Waals surface area (Å²) in [6.07, 6.45) is 0.205. The highest BCUT2D eigenvalue weighted by atomic mass is 35.5. The number of benzene rings is 1. The maximum atomic E-state index is 12.7. The molecule has 0 atom stereocenters. The van der Waals surface area contributed by atoms with E-state index >= 15 is 0 Å². The normalized spacial score (nSPS) is 11.9. The van der Waals surface area contributed by atoms with Crippen LogP contribution < -0.4 is 15.9 Å². The average molecular weight is 553 g/mol. The molecule has 0 aliphatic carbocycles. The zero-order valence-corrected chi connectivity index (χ0v) is 22.5. The lowest BCUT2D eigenvalue weighted by Gasteiger charge is -2.17. The number of hydrogen-bond acceptors (Lipinski definition) is 7. The van der Waals surface area contributed by atoms with Crippen LogP contribution in [-0.2, 0) is 4.79 Å². The van der Waals surface area contributed by atoms with E-state index in [1.807, 2.05) is 20.8 Å². The molecule has 0 spiro atoms. The number of rotatable bonds is 7. The number of thiophene rings is 2. The summed E-state index contributed by atoms with van der Waals surface area (Å²) in [5.41, 5.74) is 9.14. The minimum atomic E-state index is -0.608. The molecule has 184 valence electrons. The Morgan fingerprint density at radius 1 is 1.09 bits per heavy atom. The van der Waals surface area contributed by atoms with Gasteiger partial charge in [0.2, 0.25) is 0 Å². The molecule has 3 N–H and O–H groups in total. The summed E-state index contributed by atoms with van der Waals surface area (Å²) < 4.78 is 5.81. The quantitative estimate of drug-likeness (QED) is 0.201. The molecule has 0 radical (unpaired) electrons. The molecule has 2 amide bonds. The van der Waals surface area contributed by atoms with Crippen molar-refractivity contribution in [3.05, 3.63) is 61.1 Å². The SMILES string of the molecule is CC(=NNC(=O)c1ccc(C(N)=O)s1)c1csc(-c2ccc(Cl)c(Cl)c2)c1OC(=O)CC(C)(C)C. The maximum Gasteiger partial charge on any atom is 0.311 e. The van der Waals surface area contributed by atoms with E-state index in [4.69, 9.17) is 33.7 Å². The minimum Gasteiger partial charge on any atom is -0.424 e. The van der Waals surface area contributed by atoms with Crippen LogP contribution in [0.3, 0.4) is 0 Å². The Balaban J connectivity index is 1.93. The molecule has 11 heteroatoms. The summed E-state index contributed by atoms with van der Waals surface area (Å²) in [6.45, 7) is 7.52. The van der Waals surface area contributed by atoms with Gasteiger partial charge in [-0.3, -0.25) is 14.4 Å². The second kappa shape index (κ2) is 10.9. The number of nitrogens with one attached hydrogen (secondary N) is 1. The third-order valence-electron chi connectivity index (χ3n) is 4.61. The van der Waals surface area contributed by atoms with Crippen LogP contribution in [0.1, 0.15) is 59.0 Å². The van der Waals surface area contributed by atoms with E-state index in [0.29, 0.717) is 31.9 Å². The maximum absolute atomic E-state index is 12.7. The number of nitrogens with zero attached hydrogens (tertiary/aromatic N) is 1. The standard InChI is InChI=1S/C24H23Cl2N3O4S2/c1-12(28-29-23(32)18-8-7-17(35-18)22(27)31)14-11-34-21(13-5-6-15(25)16(26)9-13)20(14)33-19(30)10-24(2,3)4/h5-9,11H,10H2,1-4H3,(H2,27,31)(H,29,32). The van der Waals surface area contributed by atoms with E-state index in [-0.39, 0.29) is 21.6 Å². The Morgan fingerprint density at radius 3 is 2.37 bits per heavy atom. The summed E-state index contributed by atoms with van der Waals surface area (Å²) >= 11 is 14.6. The largest absolute Gasteiger partial charge is 0.424 e. The Kier molecular flexibility index (Phi) is 8.38. The fourth-order valence-corrected chi connectivity index (χ4v) is 5.04. The zero-order valence-electron chi connectivity index (χ0n) is 19.4. The summed E-state index contributed by atoms with van der Waals surface area (Å²) in [7, 11) is 0. The molecule has 0 aliphatic rings. The fraction of sp³-hybridized carbons (Fsp3) is 0.250. The Labute approximate surface area is 220 Å². The Hall–Kier alpha value is -2.72. The molecular formula is C24H23Cl2N3O4S2. The summed E-state index contributed by atoms with van der Waals surface area (Å²) in [4.78, 5) is 37.7. The molecule has 1 aromatic carbocycles. The van der Waals surface area contributed by atoms with Crippen molar-refractivity contribution in [2.24, 2.45) is 16.3 Å². The van der Waals surface area contributed by atoms with Gasteiger partial charge in [-0.2, -0.15) is 5.10 Å². The van der Waals surface area contributed by atoms with E-state index in [0.717, 1.165) is 16.9 Å². The molecule has 0 aliphatic heterocycles. The number of hydrazone groups is 1. The molecule has 2 aromatic heterocycles. The number of nitrogens with two attached hydrogens (primary N) is 1. The van der Waals surface area contributed by atoms with Crippen LogP contribution in [0, 0.1) is 5.41 Å². The number of carbonyl (C=O) groups is 3. The minimum absolute atomic E-state index is 0.205. The first-order valence-corrected chi connectivity index (χ1v) is 12.8. The van der Waals surface area contributed by atoms with Crippen LogP contribution in [-0.4, -0.2) is 23.5 Å². The lowest BCUT2D eigenvalue weighted by molar-refractivity contribution is -0.136. The number of ether oxygens (including phenoxy) is 1. The van der Waals surface area contributed by atoms with Gasteiger partial charge >= 0.3 is 5.97 Å². The predicted molar refractivity (Wildman–Crippen MR) is 142 cm³/mol. The third-order valence-corrected chi connectivity index (χ3v) is 7.45. The lowest BCUT2D eigenvalue weighted by atomic mass is 9.92. The molecule has 0 saturated heterocycles. The van der Waals surface area contributed by atoms with Gasteiger partial charge in [0.15, 0.2) is 5.75 Å². The van der Waals surface area contributed by atoms with Crippen molar-refractivity contribution in [1.82, 2.24) is 5.43 Å². The number of amides is 2. The van der Waals surface area contributed by atoms with Gasteiger partial charge in [0.1, 0.15) is 0 Å². The van der Waals surface area contributed by atoms with Gasteiger partial charge in [-0.05, 0) is 42.2 Å². The molecular weight excluding hydrogens is 529 g/mol. The van der Waals surface area contributed by atoms with Crippen LogP contribution >= 0.6 is 45.9 Å². The highest BCUT2D eigenvalue weighted by Crippen LogP contribution is 2.42. The van der Waals surface area contributed by atoms with E-state index < -0.39 is 17.8 Å². The summed E-state index contributed by atoms with van der Waals surface area (Å²) in [5.74, 6) is -1.17. The van der Waals surface area contributed by atoms with Gasteiger partial charge in [0.25, 0.3) is 11.8 Å². The Morgan fingerprint density at radius 2 is 1.77 bits per heavy atom. The topological polar surface area (TPSA) is 111 Å². The Bertz CT molecular complexity index is 1320. The number of hydrogen-bond donors (Lipinski definition) is 2. The number of esters is 1. The number of primary amides is 1. The monoisotopic (exact) mass is 551 g/mol. The molecule has 3 aromatic rings. The van der Waals surface area contributed by atoms with Crippen LogP contribution in [0.25, 0.3) is 10.4 Å². The van der Waals surface area contributed by atoms with Gasteiger partial charge < -0.3 is 10.5 Å². The molecule has 35 heavy (non-hydrogen) atoms. The van der Waals surface area contributed by atoms with E-state index in [1.165, 1.54) is 23.5 Å². The van der Waals surface area contributed by atoms with Crippen molar-refractivity contribution < 1.29 is 19.1 Å². The van der Waals surface area contributed by atoms with Crippen LogP contribution in [0.4, 0.5) is 0 Å². The molecule has 7 nitrogen and oxygen atoms in total. The molecule has 0 bridgehead atoms. The van der Waals surface area contributed by atoms with Crippen molar-refractivity contribution in [1.29, 1.82) is 0 Å². The summed E-state index contributed by atoms with van der Waals surface area (Å²) in [5, 5.41) is 6.75.